The molecule has 1 amide bonds. The van der Waals surface area contributed by atoms with E-state index in [-0.39, 0.29) is 11.6 Å². The summed E-state index contributed by atoms with van der Waals surface area (Å²) in [6.45, 7) is 1.69. The van der Waals surface area contributed by atoms with Gasteiger partial charge in [0.15, 0.2) is 11.6 Å². The minimum atomic E-state index is -0.279. The second kappa shape index (κ2) is 4.49. The first-order valence-corrected chi connectivity index (χ1v) is 5.43. The molecule has 0 bridgehead atoms. The number of nitrogens with zero attached hydrogens (tertiary/aromatic N) is 1. The zero-order valence-electron chi connectivity index (χ0n) is 8.53. The van der Waals surface area contributed by atoms with Crippen LogP contribution in [0.4, 0.5) is 5.69 Å². The zero-order chi connectivity index (χ0) is 11.5. The van der Waals surface area contributed by atoms with Crippen LogP contribution in [0, 0.1) is 6.92 Å². The second-order valence-electron chi connectivity index (χ2n) is 3.21. The van der Waals surface area contributed by atoms with Crippen molar-refractivity contribution in [3.63, 3.8) is 0 Å². The molecule has 1 aromatic heterocycles. The van der Waals surface area contributed by atoms with E-state index in [1.807, 2.05) is 12.1 Å². The lowest BCUT2D eigenvalue weighted by molar-refractivity contribution is 0.102. The molecular weight excluding hydrogens is 272 g/mol. The lowest BCUT2D eigenvalue weighted by Crippen LogP contribution is -2.12. The normalized spacial score (nSPS) is 10.1. The van der Waals surface area contributed by atoms with E-state index in [0.717, 1.165) is 4.47 Å². The Hall–Kier alpha value is -1.62. The van der Waals surface area contributed by atoms with Gasteiger partial charge >= 0.3 is 0 Å². The molecule has 0 unspecified atom stereocenters. The lowest BCUT2D eigenvalue weighted by atomic mass is 10.3. The highest BCUT2D eigenvalue weighted by Crippen LogP contribution is 2.14. The summed E-state index contributed by atoms with van der Waals surface area (Å²) in [6, 6.07) is 7.30. The van der Waals surface area contributed by atoms with E-state index in [1.54, 1.807) is 19.1 Å². The number of carbonyl (C=O) groups is 1. The number of hydrogen-bond acceptors (Lipinski definition) is 3. The van der Waals surface area contributed by atoms with E-state index in [4.69, 9.17) is 4.42 Å². The van der Waals surface area contributed by atoms with Gasteiger partial charge in [0.2, 0.25) is 0 Å². The fraction of sp³-hybridized carbons (Fsp3) is 0.0909. The molecule has 1 heterocycles. The van der Waals surface area contributed by atoms with Crippen LogP contribution < -0.4 is 5.32 Å². The summed E-state index contributed by atoms with van der Waals surface area (Å²) in [6.07, 6.45) is 1.34. The fourth-order valence-electron chi connectivity index (χ4n) is 1.20. The van der Waals surface area contributed by atoms with Gasteiger partial charge < -0.3 is 9.73 Å². The molecule has 2 rings (SSSR count). The number of anilines is 1. The maximum Gasteiger partial charge on any atom is 0.277 e. The average molecular weight is 281 g/mol. The van der Waals surface area contributed by atoms with Gasteiger partial charge in [0.25, 0.3) is 5.91 Å². The number of hydrogen-bond donors (Lipinski definition) is 1. The van der Waals surface area contributed by atoms with E-state index < -0.39 is 0 Å². The third-order valence-corrected chi connectivity index (χ3v) is 2.48. The predicted molar refractivity (Wildman–Crippen MR) is 63.3 cm³/mol. The Labute approximate surface area is 101 Å². The molecule has 1 N–H and O–H groups in total. The number of aryl methyl sites for hydroxylation is 1. The minimum absolute atomic E-state index is 0.278. The van der Waals surface area contributed by atoms with Crippen LogP contribution in [0.2, 0.25) is 0 Å². The highest BCUT2D eigenvalue weighted by molar-refractivity contribution is 9.10. The molecule has 0 atom stereocenters. The van der Waals surface area contributed by atoms with Crippen molar-refractivity contribution in [2.75, 3.05) is 5.32 Å². The van der Waals surface area contributed by atoms with Crippen LogP contribution in [0.1, 0.15) is 16.4 Å². The Bertz CT molecular complexity index is 505. The first kappa shape index (κ1) is 10.9. The highest BCUT2D eigenvalue weighted by atomic mass is 79.9. The van der Waals surface area contributed by atoms with Crippen molar-refractivity contribution in [1.82, 2.24) is 4.98 Å². The van der Waals surface area contributed by atoms with E-state index in [2.05, 4.69) is 26.2 Å². The van der Waals surface area contributed by atoms with Crippen molar-refractivity contribution in [2.45, 2.75) is 6.92 Å². The summed E-state index contributed by atoms with van der Waals surface area (Å²) in [4.78, 5) is 15.6. The summed E-state index contributed by atoms with van der Waals surface area (Å²) >= 11 is 3.32. The Balaban J connectivity index is 2.10. The maximum atomic E-state index is 11.7. The van der Waals surface area contributed by atoms with E-state index in [9.17, 15) is 4.79 Å². The second-order valence-corrected chi connectivity index (χ2v) is 4.13. The molecule has 0 aliphatic carbocycles. The Morgan fingerprint density at radius 1 is 1.38 bits per heavy atom. The van der Waals surface area contributed by atoms with Gasteiger partial charge in [-0.1, -0.05) is 15.9 Å². The van der Waals surface area contributed by atoms with Crippen LogP contribution in [0.25, 0.3) is 0 Å². The van der Waals surface area contributed by atoms with Gasteiger partial charge in [0.1, 0.15) is 6.26 Å². The first-order chi connectivity index (χ1) is 7.65. The summed E-state index contributed by atoms with van der Waals surface area (Å²) in [5, 5.41) is 2.72. The molecule has 4 nitrogen and oxygen atoms in total. The number of aromatic nitrogens is 1. The molecule has 0 fully saturated rings. The van der Waals surface area contributed by atoms with Gasteiger partial charge in [-0.05, 0) is 24.3 Å². The highest BCUT2D eigenvalue weighted by Gasteiger charge is 2.10. The lowest BCUT2D eigenvalue weighted by Gasteiger charge is -2.02. The third kappa shape index (κ3) is 2.49. The number of carbonyl (C=O) groups excluding carboxylic acids is 1. The van der Waals surface area contributed by atoms with Crippen molar-refractivity contribution in [3.05, 3.63) is 46.6 Å². The summed E-state index contributed by atoms with van der Waals surface area (Å²) in [5.74, 6) is 0.195. The van der Waals surface area contributed by atoms with Gasteiger partial charge in [-0.2, -0.15) is 0 Å². The molecule has 5 heteroatoms. The third-order valence-electron chi connectivity index (χ3n) is 1.95. The molecular formula is C11H9BrN2O2. The van der Waals surface area contributed by atoms with E-state index in [0.29, 0.717) is 11.6 Å². The van der Waals surface area contributed by atoms with Crippen LogP contribution in [-0.4, -0.2) is 10.9 Å². The van der Waals surface area contributed by atoms with Crippen LogP contribution in [0.15, 0.2) is 39.4 Å². The van der Waals surface area contributed by atoms with Gasteiger partial charge in [0.05, 0.1) is 0 Å². The van der Waals surface area contributed by atoms with Gasteiger partial charge in [-0.15, -0.1) is 0 Å². The molecule has 0 spiro atoms. The van der Waals surface area contributed by atoms with Crippen molar-refractivity contribution in [1.29, 1.82) is 0 Å². The molecule has 0 aliphatic rings. The van der Waals surface area contributed by atoms with Crippen molar-refractivity contribution in [2.24, 2.45) is 0 Å². The standard InChI is InChI=1S/C11H9BrN2O2/c1-7-13-10(6-16-7)11(15)14-9-4-2-8(12)3-5-9/h2-6H,1H3,(H,14,15). The molecule has 16 heavy (non-hydrogen) atoms. The Kier molecular flexibility index (Phi) is 3.05. The number of rotatable bonds is 2. The number of benzene rings is 1. The number of oxazole rings is 1. The van der Waals surface area contributed by atoms with Crippen molar-refractivity contribution in [3.8, 4) is 0 Å². The average Bonchev–Trinajstić information content (AvgIpc) is 2.68. The van der Waals surface area contributed by atoms with Crippen LogP contribution in [0.3, 0.4) is 0 Å². The summed E-state index contributed by atoms with van der Waals surface area (Å²) in [5.41, 5.74) is 0.995. The number of nitrogens with one attached hydrogen (secondary N) is 1. The Morgan fingerprint density at radius 2 is 2.06 bits per heavy atom. The smallest absolute Gasteiger partial charge is 0.277 e. The monoisotopic (exact) mass is 280 g/mol. The molecule has 0 saturated carbocycles. The first-order valence-electron chi connectivity index (χ1n) is 4.64. The van der Waals surface area contributed by atoms with Gasteiger partial charge in [0, 0.05) is 17.1 Å². The molecule has 0 saturated heterocycles. The SMILES string of the molecule is Cc1nc(C(=O)Nc2ccc(Br)cc2)co1. The van der Waals surface area contributed by atoms with E-state index >= 15 is 0 Å². The van der Waals surface area contributed by atoms with Crippen LogP contribution in [0.5, 0.6) is 0 Å². The quantitative estimate of drug-likeness (QED) is 0.920. The minimum Gasteiger partial charge on any atom is -0.448 e. The van der Waals surface area contributed by atoms with Crippen molar-refractivity contribution < 1.29 is 9.21 Å². The van der Waals surface area contributed by atoms with Crippen molar-refractivity contribution >= 4 is 27.5 Å². The number of amides is 1. The molecule has 0 aliphatic heterocycles. The maximum absolute atomic E-state index is 11.7. The fourth-order valence-corrected chi connectivity index (χ4v) is 1.46. The van der Waals surface area contributed by atoms with Gasteiger partial charge in [-0.3, -0.25) is 4.79 Å². The van der Waals surface area contributed by atoms with Gasteiger partial charge in [-0.25, -0.2) is 4.98 Å². The molecule has 0 radical (unpaired) electrons. The summed E-state index contributed by atoms with van der Waals surface area (Å²) < 4.78 is 5.92. The zero-order valence-corrected chi connectivity index (χ0v) is 10.1. The molecule has 82 valence electrons. The van der Waals surface area contributed by atoms with Crippen LogP contribution in [-0.2, 0) is 0 Å². The topological polar surface area (TPSA) is 55.1 Å². The Morgan fingerprint density at radius 3 is 2.62 bits per heavy atom. The van der Waals surface area contributed by atoms with E-state index in [1.165, 1.54) is 6.26 Å². The number of halogens is 1. The molecule has 2 aromatic rings. The largest absolute Gasteiger partial charge is 0.448 e. The predicted octanol–water partition coefficient (Wildman–Crippen LogP) is 3.00. The van der Waals surface area contributed by atoms with Crippen LogP contribution >= 0.6 is 15.9 Å². The summed E-state index contributed by atoms with van der Waals surface area (Å²) in [7, 11) is 0. The molecule has 1 aromatic carbocycles.